The second-order valence-corrected chi connectivity index (χ2v) is 8.09. The van der Waals surface area contributed by atoms with Crippen LogP contribution in [-0.2, 0) is 9.59 Å². The molecule has 0 saturated carbocycles. The SMILES string of the molecule is COc1ccccc1C1CCCN(NC(=O)C=Cc2ccc(-n3cnc(C)c3)c(OC)c2)C1=O. The maximum absolute atomic E-state index is 13.1. The molecule has 1 N–H and O–H groups in total. The number of nitrogens with one attached hydrogen (secondary N) is 1. The highest BCUT2D eigenvalue weighted by Crippen LogP contribution is 2.33. The Morgan fingerprint density at radius 2 is 1.94 bits per heavy atom. The smallest absolute Gasteiger partial charge is 0.262 e. The van der Waals surface area contributed by atoms with E-state index in [0.29, 0.717) is 24.5 Å². The maximum atomic E-state index is 13.1. The van der Waals surface area contributed by atoms with Crippen LogP contribution in [0.2, 0.25) is 0 Å². The molecule has 3 aromatic rings. The summed E-state index contributed by atoms with van der Waals surface area (Å²) in [6.07, 6.45) is 8.23. The Balaban J connectivity index is 1.44. The third kappa shape index (κ3) is 4.96. The van der Waals surface area contributed by atoms with Gasteiger partial charge in [-0.3, -0.25) is 20.0 Å². The van der Waals surface area contributed by atoms with E-state index in [2.05, 4.69) is 10.4 Å². The molecular formula is C26H28N4O4. The molecule has 34 heavy (non-hydrogen) atoms. The van der Waals surface area contributed by atoms with E-state index < -0.39 is 0 Å². The normalized spacial score (nSPS) is 16.0. The number of piperidine rings is 1. The fourth-order valence-electron chi connectivity index (χ4n) is 4.14. The minimum atomic E-state index is -0.373. The van der Waals surface area contributed by atoms with E-state index in [1.54, 1.807) is 26.6 Å². The van der Waals surface area contributed by atoms with Crippen molar-refractivity contribution in [2.24, 2.45) is 0 Å². The number of hydrogen-bond donors (Lipinski definition) is 1. The van der Waals surface area contributed by atoms with Crippen molar-refractivity contribution >= 4 is 17.9 Å². The van der Waals surface area contributed by atoms with Crippen LogP contribution in [0.4, 0.5) is 0 Å². The Kier molecular flexibility index (Phi) is 6.96. The molecule has 1 aliphatic rings. The van der Waals surface area contributed by atoms with Gasteiger partial charge in [0.05, 0.1) is 37.8 Å². The Labute approximate surface area is 198 Å². The molecule has 0 aliphatic carbocycles. The summed E-state index contributed by atoms with van der Waals surface area (Å²) >= 11 is 0. The molecule has 2 heterocycles. The number of imidazole rings is 1. The van der Waals surface area contributed by atoms with Crippen molar-refractivity contribution in [2.45, 2.75) is 25.7 Å². The van der Waals surface area contributed by atoms with Crippen molar-refractivity contribution in [2.75, 3.05) is 20.8 Å². The zero-order valence-electron chi connectivity index (χ0n) is 19.5. The number of amides is 2. The Morgan fingerprint density at radius 1 is 1.15 bits per heavy atom. The minimum absolute atomic E-state index is 0.140. The molecule has 1 atom stereocenters. The first-order valence-electron chi connectivity index (χ1n) is 11.1. The highest BCUT2D eigenvalue weighted by molar-refractivity contribution is 5.94. The zero-order valence-corrected chi connectivity index (χ0v) is 19.5. The van der Waals surface area contributed by atoms with Gasteiger partial charge in [0.15, 0.2) is 0 Å². The Morgan fingerprint density at radius 3 is 2.68 bits per heavy atom. The Bertz CT molecular complexity index is 1220. The van der Waals surface area contributed by atoms with Crippen LogP contribution in [0, 0.1) is 6.92 Å². The van der Waals surface area contributed by atoms with Crippen LogP contribution >= 0.6 is 0 Å². The lowest BCUT2D eigenvalue weighted by molar-refractivity contribution is -0.143. The van der Waals surface area contributed by atoms with Crippen molar-refractivity contribution in [1.82, 2.24) is 20.0 Å². The monoisotopic (exact) mass is 460 g/mol. The molecule has 1 aliphatic heterocycles. The average molecular weight is 461 g/mol. The van der Waals surface area contributed by atoms with Crippen molar-refractivity contribution in [1.29, 1.82) is 0 Å². The first-order chi connectivity index (χ1) is 16.5. The highest BCUT2D eigenvalue weighted by atomic mass is 16.5. The second-order valence-electron chi connectivity index (χ2n) is 8.09. The summed E-state index contributed by atoms with van der Waals surface area (Å²) in [7, 11) is 3.19. The van der Waals surface area contributed by atoms with E-state index in [1.807, 2.05) is 60.2 Å². The highest BCUT2D eigenvalue weighted by Gasteiger charge is 2.32. The average Bonchev–Trinajstić information content (AvgIpc) is 3.29. The predicted molar refractivity (Wildman–Crippen MR) is 129 cm³/mol. The lowest BCUT2D eigenvalue weighted by Gasteiger charge is -2.32. The van der Waals surface area contributed by atoms with Crippen LogP contribution in [0.3, 0.4) is 0 Å². The van der Waals surface area contributed by atoms with Crippen LogP contribution in [0.1, 0.15) is 35.6 Å². The molecule has 0 bridgehead atoms. The maximum Gasteiger partial charge on any atom is 0.262 e. The number of methoxy groups -OCH3 is 2. The third-order valence-corrected chi connectivity index (χ3v) is 5.82. The van der Waals surface area contributed by atoms with Gasteiger partial charge in [0.1, 0.15) is 11.5 Å². The van der Waals surface area contributed by atoms with Gasteiger partial charge in [0.2, 0.25) is 5.91 Å². The molecule has 1 aromatic heterocycles. The van der Waals surface area contributed by atoms with Gasteiger partial charge in [-0.25, -0.2) is 4.98 Å². The molecule has 0 spiro atoms. The number of nitrogens with zero attached hydrogens (tertiary/aromatic N) is 3. The van der Waals surface area contributed by atoms with Gasteiger partial charge in [-0.2, -0.15) is 0 Å². The molecule has 1 saturated heterocycles. The van der Waals surface area contributed by atoms with Crippen molar-refractivity contribution < 1.29 is 19.1 Å². The number of carbonyl (C=O) groups is 2. The van der Waals surface area contributed by atoms with Gasteiger partial charge in [-0.1, -0.05) is 24.3 Å². The van der Waals surface area contributed by atoms with E-state index in [-0.39, 0.29) is 17.7 Å². The quantitative estimate of drug-likeness (QED) is 0.544. The summed E-state index contributed by atoms with van der Waals surface area (Å²) in [5.41, 5.74) is 6.11. The van der Waals surface area contributed by atoms with Crippen LogP contribution in [-0.4, -0.2) is 47.1 Å². The summed E-state index contributed by atoms with van der Waals surface area (Å²) in [4.78, 5) is 29.9. The fraction of sp³-hybridized carbons (Fsp3) is 0.269. The lowest BCUT2D eigenvalue weighted by atomic mass is 9.90. The molecule has 1 unspecified atom stereocenters. The zero-order chi connectivity index (χ0) is 24.1. The number of ether oxygens (including phenoxy) is 2. The van der Waals surface area contributed by atoms with E-state index in [0.717, 1.165) is 28.9 Å². The van der Waals surface area contributed by atoms with Gasteiger partial charge in [0.25, 0.3) is 5.91 Å². The van der Waals surface area contributed by atoms with E-state index in [9.17, 15) is 9.59 Å². The first-order valence-corrected chi connectivity index (χ1v) is 11.1. The lowest BCUT2D eigenvalue weighted by Crippen LogP contribution is -2.50. The fourth-order valence-corrected chi connectivity index (χ4v) is 4.14. The van der Waals surface area contributed by atoms with Gasteiger partial charge in [-0.05, 0) is 49.6 Å². The molecule has 0 radical (unpaired) electrons. The summed E-state index contributed by atoms with van der Waals surface area (Å²) < 4.78 is 12.8. The number of hydrogen-bond acceptors (Lipinski definition) is 5. The standard InChI is InChI=1S/C26H28N4O4/c1-18-16-29(17-27-18)22-12-10-19(15-24(22)34-3)11-13-25(31)28-30-14-6-8-21(26(30)32)20-7-4-5-9-23(20)33-2/h4-5,7,9-13,15-17,21H,6,8,14H2,1-3H3,(H,28,31). The van der Waals surface area contributed by atoms with Crippen LogP contribution in [0.25, 0.3) is 11.8 Å². The van der Waals surface area contributed by atoms with E-state index in [4.69, 9.17) is 9.47 Å². The molecule has 2 amide bonds. The van der Waals surface area contributed by atoms with Gasteiger partial charge < -0.3 is 14.0 Å². The van der Waals surface area contributed by atoms with Gasteiger partial charge in [0, 0.05) is 24.4 Å². The largest absolute Gasteiger partial charge is 0.496 e. The topological polar surface area (TPSA) is 85.7 Å². The molecule has 2 aromatic carbocycles. The number of carbonyl (C=O) groups excluding carboxylic acids is 2. The summed E-state index contributed by atoms with van der Waals surface area (Å²) in [6.45, 7) is 2.39. The number of rotatable bonds is 7. The predicted octanol–water partition coefficient (Wildman–Crippen LogP) is 3.65. The Hall–Kier alpha value is -4.07. The van der Waals surface area contributed by atoms with Crippen molar-refractivity contribution in [3.05, 3.63) is 77.9 Å². The molecular weight excluding hydrogens is 432 g/mol. The summed E-state index contributed by atoms with van der Waals surface area (Å²) in [5.74, 6) is 0.474. The van der Waals surface area contributed by atoms with Crippen LogP contribution in [0.5, 0.6) is 11.5 Å². The van der Waals surface area contributed by atoms with Crippen molar-refractivity contribution in [3.63, 3.8) is 0 Å². The van der Waals surface area contributed by atoms with Gasteiger partial charge >= 0.3 is 0 Å². The summed E-state index contributed by atoms with van der Waals surface area (Å²) in [5, 5.41) is 1.40. The van der Waals surface area contributed by atoms with Crippen molar-refractivity contribution in [3.8, 4) is 17.2 Å². The number of aromatic nitrogens is 2. The second kappa shape index (κ2) is 10.2. The number of benzene rings is 2. The first kappa shape index (κ1) is 23.1. The minimum Gasteiger partial charge on any atom is -0.496 e. The van der Waals surface area contributed by atoms with E-state index in [1.165, 1.54) is 11.1 Å². The number of para-hydroxylation sites is 1. The molecule has 8 nitrogen and oxygen atoms in total. The number of hydrazine groups is 1. The van der Waals surface area contributed by atoms with Crippen LogP contribution < -0.4 is 14.9 Å². The summed E-state index contributed by atoms with van der Waals surface area (Å²) in [6, 6.07) is 13.1. The third-order valence-electron chi connectivity index (χ3n) is 5.82. The molecule has 4 rings (SSSR count). The molecule has 1 fully saturated rings. The molecule has 8 heteroatoms. The number of aryl methyl sites for hydroxylation is 1. The van der Waals surface area contributed by atoms with Gasteiger partial charge in [-0.15, -0.1) is 0 Å². The van der Waals surface area contributed by atoms with Crippen LogP contribution in [0.15, 0.2) is 61.1 Å². The van der Waals surface area contributed by atoms with E-state index >= 15 is 0 Å². The molecule has 176 valence electrons.